The van der Waals surface area contributed by atoms with Gasteiger partial charge in [-0.15, -0.1) is 11.3 Å². The summed E-state index contributed by atoms with van der Waals surface area (Å²) in [4.78, 5) is 29.1. The van der Waals surface area contributed by atoms with Gasteiger partial charge in [0.05, 0.1) is 6.54 Å². The Bertz CT molecular complexity index is 463. The number of urea groups is 1. The van der Waals surface area contributed by atoms with Crippen LogP contribution in [0.3, 0.4) is 0 Å². The molecule has 1 aliphatic heterocycles. The molecule has 1 saturated heterocycles. The molecule has 104 valence electrons. The largest absolute Gasteiger partial charge is 0.479 e. The molecule has 0 spiro atoms. The molecule has 1 atom stereocenters. The second kappa shape index (κ2) is 5.56. The summed E-state index contributed by atoms with van der Waals surface area (Å²) in [6.07, 6.45) is 3.34. The number of hydrogen-bond donors (Lipinski definition) is 2. The third kappa shape index (κ3) is 2.56. The van der Waals surface area contributed by atoms with E-state index in [1.54, 1.807) is 13.1 Å². The molecule has 2 heterocycles. The molecule has 2 amide bonds. The number of nitrogens with one attached hydrogen (secondary N) is 1. The van der Waals surface area contributed by atoms with E-state index in [2.05, 4.69) is 10.3 Å². The first-order chi connectivity index (χ1) is 9.10. The molecule has 1 unspecified atom stereocenters. The predicted molar refractivity (Wildman–Crippen MR) is 70.9 cm³/mol. The number of carboxylic acid groups (broad SMARTS) is 1. The number of hydrogen-bond acceptors (Lipinski definition) is 4. The van der Waals surface area contributed by atoms with E-state index in [1.807, 2.05) is 5.38 Å². The zero-order valence-corrected chi connectivity index (χ0v) is 11.6. The van der Waals surface area contributed by atoms with Crippen LogP contribution in [0, 0.1) is 0 Å². The van der Waals surface area contributed by atoms with Gasteiger partial charge in [0.15, 0.2) is 0 Å². The Balaban J connectivity index is 2.03. The minimum Gasteiger partial charge on any atom is -0.479 e. The molecular formula is C12H17N3O3S. The van der Waals surface area contributed by atoms with E-state index in [4.69, 9.17) is 0 Å². The van der Waals surface area contributed by atoms with Crippen LogP contribution in [0.25, 0.3) is 0 Å². The molecular weight excluding hydrogens is 266 g/mol. The van der Waals surface area contributed by atoms with Gasteiger partial charge in [-0.05, 0) is 19.3 Å². The van der Waals surface area contributed by atoms with E-state index in [0.717, 1.165) is 11.4 Å². The summed E-state index contributed by atoms with van der Waals surface area (Å²) in [7, 11) is 0. The van der Waals surface area contributed by atoms with Crippen molar-refractivity contribution in [2.24, 2.45) is 0 Å². The Hall–Kier alpha value is -1.63. The summed E-state index contributed by atoms with van der Waals surface area (Å²) in [5, 5.41) is 14.8. The lowest BCUT2D eigenvalue weighted by atomic mass is 9.93. The zero-order valence-electron chi connectivity index (χ0n) is 10.8. The Morgan fingerprint density at radius 1 is 1.63 bits per heavy atom. The second-order valence-electron chi connectivity index (χ2n) is 4.53. The maximum Gasteiger partial charge on any atom is 0.329 e. The molecule has 0 bridgehead atoms. The average molecular weight is 283 g/mol. The van der Waals surface area contributed by atoms with Crippen LogP contribution in [0.2, 0.25) is 0 Å². The summed E-state index contributed by atoms with van der Waals surface area (Å²) >= 11 is 1.46. The van der Waals surface area contributed by atoms with Crippen LogP contribution < -0.4 is 5.32 Å². The van der Waals surface area contributed by atoms with Crippen LogP contribution in [0.4, 0.5) is 4.79 Å². The molecule has 0 aliphatic carbocycles. The fourth-order valence-electron chi connectivity index (χ4n) is 2.50. The number of carbonyl (C=O) groups is 2. The first kappa shape index (κ1) is 13.8. The Kier molecular flexibility index (Phi) is 4.04. The lowest BCUT2D eigenvalue weighted by Gasteiger charge is -2.33. The number of likely N-dealkylation sites (tertiary alicyclic amines) is 1. The number of carbonyl (C=O) groups excluding carboxylic acids is 1. The van der Waals surface area contributed by atoms with Gasteiger partial charge in [0, 0.05) is 18.1 Å². The Morgan fingerprint density at radius 3 is 3.00 bits per heavy atom. The predicted octanol–water partition coefficient (Wildman–Crippen LogP) is 1.68. The monoisotopic (exact) mass is 283 g/mol. The van der Waals surface area contributed by atoms with Gasteiger partial charge in [-0.25, -0.2) is 14.6 Å². The fourth-order valence-corrected chi connectivity index (χ4v) is 3.06. The van der Waals surface area contributed by atoms with Crippen molar-refractivity contribution in [3.05, 3.63) is 16.6 Å². The van der Waals surface area contributed by atoms with Crippen molar-refractivity contribution in [3.8, 4) is 0 Å². The number of aliphatic carboxylic acids is 1. The van der Waals surface area contributed by atoms with E-state index in [1.165, 1.54) is 16.2 Å². The molecule has 2 N–H and O–H groups in total. The van der Waals surface area contributed by atoms with Crippen molar-refractivity contribution < 1.29 is 14.7 Å². The van der Waals surface area contributed by atoms with Crippen molar-refractivity contribution in [2.75, 3.05) is 6.54 Å². The average Bonchev–Trinajstić information content (AvgIpc) is 3.05. The molecule has 7 heteroatoms. The van der Waals surface area contributed by atoms with Gasteiger partial charge in [-0.3, -0.25) is 0 Å². The maximum atomic E-state index is 12.1. The summed E-state index contributed by atoms with van der Waals surface area (Å²) in [5.74, 6) is -0.920. The van der Waals surface area contributed by atoms with E-state index < -0.39 is 11.5 Å². The molecule has 1 fully saturated rings. The summed E-state index contributed by atoms with van der Waals surface area (Å²) in [6, 6.07) is -0.322. The van der Waals surface area contributed by atoms with Crippen LogP contribution in [0.5, 0.6) is 0 Å². The number of amides is 2. The first-order valence-corrected chi connectivity index (χ1v) is 7.15. The van der Waals surface area contributed by atoms with E-state index in [-0.39, 0.29) is 6.03 Å². The molecule has 2 rings (SSSR count). The van der Waals surface area contributed by atoms with E-state index >= 15 is 0 Å². The SMILES string of the molecule is CCC1(C(=O)O)CCCN1C(=O)NCc1nccs1. The quantitative estimate of drug-likeness (QED) is 0.880. The van der Waals surface area contributed by atoms with Gasteiger partial charge < -0.3 is 15.3 Å². The molecule has 1 aromatic heterocycles. The van der Waals surface area contributed by atoms with Crippen molar-refractivity contribution in [3.63, 3.8) is 0 Å². The standard InChI is InChI=1S/C12H17N3O3S/c1-2-12(10(16)17)4-3-6-15(12)11(18)14-8-9-13-5-7-19-9/h5,7H,2-4,6,8H2,1H3,(H,14,18)(H,16,17). The number of rotatable bonds is 4. The van der Waals surface area contributed by atoms with Crippen molar-refractivity contribution >= 4 is 23.3 Å². The Morgan fingerprint density at radius 2 is 2.42 bits per heavy atom. The molecule has 6 nitrogen and oxygen atoms in total. The van der Waals surface area contributed by atoms with Crippen LogP contribution in [0.15, 0.2) is 11.6 Å². The Labute approximate surface area is 115 Å². The fraction of sp³-hybridized carbons (Fsp3) is 0.583. The van der Waals surface area contributed by atoms with Gasteiger partial charge >= 0.3 is 12.0 Å². The summed E-state index contributed by atoms with van der Waals surface area (Å²) in [6.45, 7) is 2.64. The normalized spacial score (nSPS) is 22.5. The third-order valence-corrected chi connectivity index (χ3v) is 4.37. The second-order valence-corrected chi connectivity index (χ2v) is 5.51. The topological polar surface area (TPSA) is 82.5 Å². The number of aromatic nitrogens is 1. The van der Waals surface area contributed by atoms with Gasteiger partial charge in [0.1, 0.15) is 10.5 Å². The minimum atomic E-state index is -1.05. The summed E-state index contributed by atoms with van der Waals surface area (Å²) in [5.41, 5.74) is -1.05. The molecule has 0 radical (unpaired) electrons. The minimum absolute atomic E-state index is 0.322. The molecule has 1 aromatic rings. The van der Waals surface area contributed by atoms with Crippen molar-refractivity contribution in [1.29, 1.82) is 0 Å². The van der Waals surface area contributed by atoms with Crippen LogP contribution in [-0.2, 0) is 11.3 Å². The number of nitrogens with zero attached hydrogens (tertiary/aromatic N) is 2. The highest BCUT2D eigenvalue weighted by Gasteiger charge is 2.48. The maximum absolute atomic E-state index is 12.1. The number of carboxylic acids is 1. The van der Waals surface area contributed by atoms with Crippen molar-refractivity contribution in [2.45, 2.75) is 38.3 Å². The third-order valence-electron chi connectivity index (χ3n) is 3.59. The van der Waals surface area contributed by atoms with Crippen LogP contribution in [0.1, 0.15) is 31.2 Å². The highest BCUT2D eigenvalue weighted by molar-refractivity contribution is 7.09. The van der Waals surface area contributed by atoms with Crippen LogP contribution in [-0.4, -0.2) is 39.1 Å². The molecule has 1 aliphatic rings. The van der Waals surface area contributed by atoms with Gasteiger partial charge in [0.25, 0.3) is 0 Å². The lowest BCUT2D eigenvalue weighted by molar-refractivity contribution is -0.148. The lowest BCUT2D eigenvalue weighted by Crippen LogP contribution is -2.55. The van der Waals surface area contributed by atoms with Crippen molar-refractivity contribution in [1.82, 2.24) is 15.2 Å². The van der Waals surface area contributed by atoms with Gasteiger partial charge in [-0.2, -0.15) is 0 Å². The van der Waals surface area contributed by atoms with E-state index in [9.17, 15) is 14.7 Å². The smallest absolute Gasteiger partial charge is 0.329 e. The summed E-state index contributed by atoms with van der Waals surface area (Å²) < 4.78 is 0. The molecule has 19 heavy (non-hydrogen) atoms. The molecule has 0 saturated carbocycles. The highest BCUT2D eigenvalue weighted by atomic mass is 32.1. The van der Waals surface area contributed by atoms with Gasteiger partial charge in [0.2, 0.25) is 0 Å². The molecule has 0 aromatic carbocycles. The first-order valence-electron chi connectivity index (χ1n) is 6.27. The van der Waals surface area contributed by atoms with Crippen LogP contribution >= 0.6 is 11.3 Å². The highest BCUT2D eigenvalue weighted by Crippen LogP contribution is 2.32. The van der Waals surface area contributed by atoms with E-state index in [0.29, 0.717) is 25.9 Å². The zero-order chi connectivity index (χ0) is 13.9. The number of thiazole rings is 1. The van der Waals surface area contributed by atoms with Gasteiger partial charge in [-0.1, -0.05) is 6.92 Å².